The van der Waals surface area contributed by atoms with Crippen molar-refractivity contribution in [3.63, 3.8) is 0 Å². The first kappa shape index (κ1) is 13.1. The van der Waals surface area contributed by atoms with Crippen LogP contribution < -0.4 is 0 Å². The fraction of sp³-hybridized carbons (Fsp3) is 0.867. The molecule has 2 aliphatic carbocycles. The molecule has 0 heterocycles. The third-order valence-electron chi connectivity index (χ3n) is 5.97. The van der Waals surface area contributed by atoms with Gasteiger partial charge in [0.2, 0.25) is 0 Å². The molecule has 2 N–H and O–H groups in total. The Kier molecular flexibility index (Phi) is 3.16. The van der Waals surface area contributed by atoms with Gasteiger partial charge in [-0.15, -0.1) is 0 Å². The van der Waals surface area contributed by atoms with E-state index >= 15 is 0 Å². The van der Waals surface area contributed by atoms with Gasteiger partial charge in [0.05, 0.1) is 12.2 Å². The van der Waals surface area contributed by atoms with Crippen LogP contribution >= 0.6 is 0 Å². The summed E-state index contributed by atoms with van der Waals surface area (Å²) in [5.41, 5.74) is 1.11. The highest BCUT2D eigenvalue weighted by atomic mass is 16.3. The number of aliphatic hydroxyl groups is 2. The molecule has 17 heavy (non-hydrogen) atoms. The largest absolute Gasteiger partial charge is 0.393 e. The number of rotatable bonds is 4. The molecule has 2 rings (SSSR count). The molecule has 2 saturated carbocycles. The normalized spacial score (nSPS) is 46.2. The monoisotopic (exact) mass is 238 g/mol. The topological polar surface area (TPSA) is 40.5 Å². The van der Waals surface area contributed by atoms with Crippen LogP contribution in [-0.4, -0.2) is 22.4 Å². The zero-order valence-corrected chi connectivity index (χ0v) is 11.4. The minimum atomic E-state index is -0.382. The molecule has 5 atom stereocenters. The molecule has 0 saturated heterocycles. The van der Waals surface area contributed by atoms with Crippen LogP contribution in [0.25, 0.3) is 0 Å². The summed E-state index contributed by atoms with van der Waals surface area (Å²) in [7, 11) is 0. The van der Waals surface area contributed by atoms with Gasteiger partial charge in [-0.2, -0.15) is 0 Å². The second-order valence-corrected chi connectivity index (χ2v) is 6.72. The van der Waals surface area contributed by atoms with Crippen LogP contribution in [0.2, 0.25) is 0 Å². The van der Waals surface area contributed by atoms with Gasteiger partial charge in [0.15, 0.2) is 0 Å². The highest BCUT2D eigenvalue weighted by molar-refractivity contribution is 5.12. The third kappa shape index (κ3) is 1.77. The first-order chi connectivity index (χ1) is 7.81. The van der Waals surface area contributed by atoms with Crippen molar-refractivity contribution in [2.75, 3.05) is 0 Å². The van der Waals surface area contributed by atoms with E-state index in [0.29, 0.717) is 5.92 Å². The summed E-state index contributed by atoms with van der Waals surface area (Å²) >= 11 is 0. The Balaban J connectivity index is 2.07. The van der Waals surface area contributed by atoms with E-state index in [1.807, 2.05) is 6.92 Å². The number of fused-ring (bicyclic) bond motifs is 2. The van der Waals surface area contributed by atoms with Crippen LogP contribution in [0.3, 0.4) is 0 Å². The SMILES string of the molecule is C=C(C)[C@H](O)CC[C@]1(C)[C@@H]2CC[C@@]1(C)[C@H](O)C2. The summed E-state index contributed by atoms with van der Waals surface area (Å²) in [6.45, 7) is 10.2. The minimum absolute atomic E-state index is 0.0620. The van der Waals surface area contributed by atoms with E-state index in [-0.39, 0.29) is 23.0 Å². The molecule has 2 bridgehead atoms. The van der Waals surface area contributed by atoms with Gasteiger partial charge in [0.1, 0.15) is 0 Å². The molecule has 0 amide bonds. The summed E-state index contributed by atoms with van der Waals surface area (Å²) in [5, 5.41) is 20.1. The van der Waals surface area contributed by atoms with Crippen LogP contribution in [0, 0.1) is 16.7 Å². The summed E-state index contributed by atoms with van der Waals surface area (Å²) in [6, 6.07) is 0. The van der Waals surface area contributed by atoms with Crippen molar-refractivity contribution in [2.45, 2.75) is 65.1 Å². The molecule has 0 unspecified atom stereocenters. The van der Waals surface area contributed by atoms with Crippen molar-refractivity contribution in [1.82, 2.24) is 0 Å². The van der Waals surface area contributed by atoms with Gasteiger partial charge < -0.3 is 10.2 Å². The standard InChI is InChI=1S/C15H26O2/c1-10(2)12(16)6-8-14(3)11-5-7-15(14,4)13(17)9-11/h11-13,16-17H,1,5-9H2,2-4H3/t11-,12-,13-,14-,15+/m1/s1. The molecule has 2 fully saturated rings. The summed E-state index contributed by atoms with van der Waals surface area (Å²) in [6.07, 6.45) is 4.59. The zero-order chi connectivity index (χ0) is 12.8. The quantitative estimate of drug-likeness (QED) is 0.739. The highest BCUT2D eigenvalue weighted by Crippen LogP contribution is 2.67. The predicted molar refractivity (Wildman–Crippen MR) is 69.6 cm³/mol. The predicted octanol–water partition coefficient (Wildman–Crippen LogP) is 2.89. The Hall–Kier alpha value is -0.340. The second kappa shape index (κ2) is 4.10. The lowest BCUT2D eigenvalue weighted by molar-refractivity contribution is -0.00321. The zero-order valence-electron chi connectivity index (χ0n) is 11.4. The van der Waals surface area contributed by atoms with E-state index in [1.54, 1.807) is 0 Å². The van der Waals surface area contributed by atoms with Crippen molar-refractivity contribution in [3.8, 4) is 0 Å². The van der Waals surface area contributed by atoms with E-state index in [9.17, 15) is 10.2 Å². The molecular weight excluding hydrogens is 212 g/mol. The number of hydrogen-bond donors (Lipinski definition) is 2. The van der Waals surface area contributed by atoms with Gasteiger partial charge >= 0.3 is 0 Å². The molecular formula is C15H26O2. The van der Waals surface area contributed by atoms with Crippen molar-refractivity contribution in [2.24, 2.45) is 16.7 Å². The average Bonchev–Trinajstić information content (AvgIpc) is 2.61. The van der Waals surface area contributed by atoms with Crippen LogP contribution in [0.4, 0.5) is 0 Å². The van der Waals surface area contributed by atoms with Gasteiger partial charge in [-0.3, -0.25) is 0 Å². The number of hydrogen-bond acceptors (Lipinski definition) is 2. The Morgan fingerprint density at radius 2 is 2.12 bits per heavy atom. The van der Waals surface area contributed by atoms with Crippen molar-refractivity contribution < 1.29 is 10.2 Å². The third-order valence-corrected chi connectivity index (χ3v) is 5.97. The average molecular weight is 238 g/mol. The van der Waals surface area contributed by atoms with E-state index in [1.165, 1.54) is 6.42 Å². The maximum atomic E-state index is 10.2. The summed E-state index contributed by atoms with van der Waals surface area (Å²) < 4.78 is 0. The molecule has 2 nitrogen and oxygen atoms in total. The fourth-order valence-corrected chi connectivity index (χ4v) is 4.17. The molecule has 0 spiro atoms. The maximum absolute atomic E-state index is 10.2. The van der Waals surface area contributed by atoms with Crippen LogP contribution in [0.15, 0.2) is 12.2 Å². The molecule has 2 heteroatoms. The van der Waals surface area contributed by atoms with Crippen molar-refractivity contribution in [1.29, 1.82) is 0 Å². The Morgan fingerprint density at radius 3 is 2.53 bits per heavy atom. The molecule has 0 aromatic rings. The highest BCUT2D eigenvalue weighted by Gasteiger charge is 2.62. The maximum Gasteiger partial charge on any atom is 0.0745 e. The second-order valence-electron chi connectivity index (χ2n) is 6.72. The molecule has 98 valence electrons. The molecule has 0 radical (unpaired) electrons. The van der Waals surface area contributed by atoms with Gasteiger partial charge in [-0.1, -0.05) is 26.0 Å². The summed E-state index contributed by atoms with van der Waals surface area (Å²) in [5.74, 6) is 0.639. The van der Waals surface area contributed by atoms with Crippen LogP contribution in [-0.2, 0) is 0 Å². The van der Waals surface area contributed by atoms with Crippen molar-refractivity contribution >= 4 is 0 Å². The Labute approximate surface area is 105 Å². The van der Waals surface area contributed by atoms with E-state index in [4.69, 9.17) is 0 Å². The van der Waals surface area contributed by atoms with E-state index < -0.39 is 0 Å². The van der Waals surface area contributed by atoms with Gasteiger partial charge in [0, 0.05) is 0 Å². The molecule has 0 aliphatic heterocycles. The fourth-order valence-electron chi connectivity index (χ4n) is 4.17. The van der Waals surface area contributed by atoms with E-state index in [0.717, 1.165) is 31.3 Å². The molecule has 2 aliphatic rings. The van der Waals surface area contributed by atoms with E-state index in [2.05, 4.69) is 20.4 Å². The molecule has 0 aromatic heterocycles. The van der Waals surface area contributed by atoms with Crippen molar-refractivity contribution in [3.05, 3.63) is 12.2 Å². The Bertz CT molecular complexity index is 325. The minimum Gasteiger partial charge on any atom is -0.393 e. The smallest absolute Gasteiger partial charge is 0.0745 e. The molecule has 0 aromatic carbocycles. The van der Waals surface area contributed by atoms with Crippen LogP contribution in [0.1, 0.15) is 52.9 Å². The lowest BCUT2D eigenvalue weighted by Crippen LogP contribution is -2.38. The summed E-state index contributed by atoms with van der Waals surface area (Å²) in [4.78, 5) is 0. The first-order valence-corrected chi connectivity index (χ1v) is 6.83. The Morgan fingerprint density at radius 1 is 1.47 bits per heavy atom. The number of aliphatic hydroxyl groups excluding tert-OH is 2. The van der Waals surface area contributed by atoms with Gasteiger partial charge in [0.25, 0.3) is 0 Å². The lowest BCUT2D eigenvalue weighted by atomic mass is 9.65. The van der Waals surface area contributed by atoms with Crippen LogP contribution in [0.5, 0.6) is 0 Å². The lowest BCUT2D eigenvalue weighted by Gasteiger charge is -2.40. The van der Waals surface area contributed by atoms with Gasteiger partial charge in [-0.25, -0.2) is 0 Å². The van der Waals surface area contributed by atoms with Gasteiger partial charge in [-0.05, 0) is 55.8 Å². The first-order valence-electron chi connectivity index (χ1n) is 6.83.